The monoisotopic (exact) mass is 466 g/mol. The lowest BCUT2D eigenvalue weighted by atomic mass is 9.99. The summed E-state index contributed by atoms with van der Waals surface area (Å²) in [7, 11) is 0. The Morgan fingerprint density at radius 3 is 2.54 bits per heavy atom. The van der Waals surface area contributed by atoms with Gasteiger partial charge in [0.2, 0.25) is 5.91 Å². The summed E-state index contributed by atoms with van der Waals surface area (Å²) in [5.74, 6) is 1.59. The van der Waals surface area contributed by atoms with Gasteiger partial charge in [-0.15, -0.1) is 0 Å². The molecule has 1 atom stereocenters. The molecule has 3 aromatic rings. The van der Waals surface area contributed by atoms with E-state index in [0.29, 0.717) is 12.5 Å². The van der Waals surface area contributed by atoms with Crippen LogP contribution in [0.4, 0.5) is 0 Å². The van der Waals surface area contributed by atoms with Gasteiger partial charge in [-0.05, 0) is 62.3 Å². The summed E-state index contributed by atoms with van der Waals surface area (Å²) in [5, 5.41) is 1.12. The molecule has 1 aliphatic carbocycles. The minimum Gasteiger partial charge on any atom is -0.342 e. The number of aromatic nitrogens is 1. The molecule has 0 spiro atoms. The second kappa shape index (κ2) is 8.29. The standard InChI is InChI=1S/C29H30N4O2/c1-29(2)28(35)33(18-19-14-16-32(17-19)27(34)22-12-13-22)26(31-29)21-10-8-20(9-11-21)23-5-3-7-25-24(23)6-4-15-30-25/h3-11,15,19,22H,12-14,16-18H2,1-2H3. The third-order valence-electron chi connectivity index (χ3n) is 7.47. The number of hydrogen-bond donors (Lipinski definition) is 0. The van der Waals surface area contributed by atoms with Gasteiger partial charge in [-0.1, -0.05) is 42.5 Å². The number of carbonyl (C=O) groups excluding carboxylic acids is 2. The molecule has 2 fully saturated rings. The first-order valence-corrected chi connectivity index (χ1v) is 12.6. The Hall–Kier alpha value is -3.54. The van der Waals surface area contributed by atoms with Crippen LogP contribution >= 0.6 is 0 Å². The third-order valence-corrected chi connectivity index (χ3v) is 7.47. The van der Waals surface area contributed by atoms with Crippen molar-refractivity contribution in [2.45, 2.75) is 38.6 Å². The summed E-state index contributed by atoms with van der Waals surface area (Å²) in [6.07, 6.45) is 4.80. The van der Waals surface area contributed by atoms with E-state index in [4.69, 9.17) is 4.99 Å². The van der Waals surface area contributed by atoms with E-state index in [0.717, 1.165) is 65.8 Å². The summed E-state index contributed by atoms with van der Waals surface area (Å²) < 4.78 is 0. The van der Waals surface area contributed by atoms with Crippen LogP contribution < -0.4 is 0 Å². The van der Waals surface area contributed by atoms with E-state index < -0.39 is 5.54 Å². The van der Waals surface area contributed by atoms with Gasteiger partial charge in [0.05, 0.1) is 5.52 Å². The van der Waals surface area contributed by atoms with Crippen molar-refractivity contribution in [3.05, 3.63) is 66.4 Å². The molecule has 35 heavy (non-hydrogen) atoms. The van der Waals surface area contributed by atoms with Gasteiger partial charge >= 0.3 is 0 Å². The van der Waals surface area contributed by atoms with Gasteiger partial charge in [0.25, 0.3) is 5.91 Å². The first-order valence-electron chi connectivity index (χ1n) is 12.6. The molecule has 178 valence electrons. The number of likely N-dealkylation sites (tertiary alicyclic amines) is 1. The molecule has 2 aliphatic heterocycles. The van der Waals surface area contributed by atoms with Crippen molar-refractivity contribution in [2.75, 3.05) is 19.6 Å². The van der Waals surface area contributed by atoms with Gasteiger partial charge in [0, 0.05) is 42.7 Å². The van der Waals surface area contributed by atoms with Crippen molar-refractivity contribution in [1.82, 2.24) is 14.8 Å². The molecule has 1 saturated carbocycles. The number of fused-ring (bicyclic) bond motifs is 1. The van der Waals surface area contributed by atoms with Gasteiger partial charge in [0.1, 0.15) is 11.4 Å². The predicted molar refractivity (Wildman–Crippen MR) is 137 cm³/mol. The van der Waals surface area contributed by atoms with Crippen molar-refractivity contribution < 1.29 is 9.59 Å². The molecule has 0 radical (unpaired) electrons. The van der Waals surface area contributed by atoms with Crippen molar-refractivity contribution in [1.29, 1.82) is 0 Å². The summed E-state index contributed by atoms with van der Waals surface area (Å²) >= 11 is 0. The van der Waals surface area contributed by atoms with Crippen molar-refractivity contribution in [3.63, 3.8) is 0 Å². The maximum Gasteiger partial charge on any atom is 0.255 e. The van der Waals surface area contributed by atoms with Crippen LogP contribution in [0.25, 0.3) is 22.0 Å². The lowest BCUT2D eigenvalue weighted by Crippen LogP contribution is -2.42. The molecule has 1 aromatic heterocycles. The highest BCUT2D eigenvalue weighted by Crippen LogP contribution is 2.34. The smallest absolute Gasteiger partial charge is 0.255 e. The SMILES string of the molecule is CC1(C)N=C(c2ccc(-c3cccc4ncccc34)cc2)N(CC2CCN(C(=O)C3CC3)C2)C1=O. The fourth-order valence-electron chi connectivity index (χ4n) is 5.37. The van der Waals surface area contributed by atoms with E-state index in [1.807, 2.05) is 48.0 Å². The number of aliphatic imine (C=N–C) groups is 1. The van der Waals surface area contributed by atoms with E-state index in [2.05, 4.69) is 41.4 Å². The Bertz CT molecular complexity index is 1340. The first-order chi connectivity index (χ1) is 16.9. The predicted octanol–water partition coefficient (Wildman–Crippen LogP) is 4.53. The third kappa shape index (κ3) is 4.01. The average molecular weight is 467 g/mol. The van der Waals surface area contributed by atoms with Crippen LogP contribution in [0.5, 0.6) is 0 Å². The van der Waals surface area contributed by atoms with E-state index in [9.17, 15) is 9.59 Å². The Kier molecular flexibility index (Phi) is 5.20. The van der Waals surface area contributed by atoms with Crippen LogP contribution in [-0.4, -0.2) is 57.6 Å². The summed E-state index contributed by atoms with van der Waals surface area (Å²) in [5.41, 5.74) is 3.37. The largest absolute Gasteiger partial charge is 0.342 e. The zero-order valence-electron chi connectivity index (χ0n) is 20.3. The lowest BCUT2D eigenvalue weighted by molar-refractivity contribution is -0.131. The Labute approximate surface area is 205 Å². The molecule has 2 aromatic carbocycles. The topological polar surface area (TPSA) is 65.9 Å². The second-order valence-electron chi connectivity index (χ2n) is 10.6. The number of rotatable bonds is 5. The van der Waals surface area contributed by atoms with E-state index in [1.165, 1.54) is 0 Å². The van der Waals surface area contributed by atoms with E-state index in [1.54, 1.807) is 0 Å². The number of pyridine rings is 1. The number of hydrogen-bond acceptors (Lipinski definition) is 4. The molecule has 6 heteroatoms. The maximum atomic E-state index is 13.3. The summed E-state index contributed by atoms with van der Waals surface area (Å²) in [6, 6.07) is 18.5. The van der Waals surface area contributed by atoms with Crippen LogP contribution in [0.3, 0.4) is 0 Å². The summed E-state index contributed by atoms with van der Waals surface area (Å²) in [6.45, 7) is 5.90. The highest BCUT2D eigenvalue weighted by Gasteiger charge is 2.43. The molecule has 2 amide bonds. The zero-order valence-corrected chi connectivity index (χ0v) is 20.3. The van der Waals surface area contributed by atoms with Gasteiger partial charge in [-0.2, -0.15) is 0 Å². The van der Waals surface area contributed by atoms with Gasteiger partial charge in [-0.25, -0.2) is 0 Å². The Balaban J connectivity index is 1.25. The van der Waals surface area contributed by atoms with Crippen LogP contribution in [0.1, 0.15) is 38.7 Å². The quantitative estimate of drug-likeness (QED) is 0.555. The normalized spacial score (nSPS) is 21.6. The molecule has 0 bridgehead atoms. The van der Waals surface area contributed by atoms with Crippen LogP contribution in [-0.2, 0) is 9.59 Å². The Morgan fingerprint density at radius 1 is 1.00 bits per heavy atom. The van der Waals surface area contributed by atoms with Crippen molar-refractivity contribution >= 4 is 28.6 Å². The molecule has 1 saturated heterocycles. The molecular weight excluding hydrogens is 436 g/mol. The number of benzene rings is 2. The Morgan fingerprint density at radius 2 is 1.77 bits per heavy atom. The number of amidine groups is 1. The molecule has 0 N–H and O–H groups in total. The number of nitrogens with zero attached hydrogens (tertiary/aromatic N) is 4. The summed E-state index contributed by atoms with van der Waals surface area (Å²) in [4.78, 5) is 39.0. The minimum absolute atomic E-state index is 0.0312. The fourth-order valence-corrected chi connectivity index (χ4v) is 5.37. The highest BCUT2D eigenvalue weighted by molar-refractivity contribution is 6.15. The number of amides is 2. The van der Waals surface area contributed by atoms with Crippen LogP contribution in [0.15, 0.2) is 65.8 Å². The molecule has 3 aliphatic rings. The zero-order chi connectivity index (χ0) is 24.2. The van der Waals surface area contributed by atoms with Crippen molar-refractivity contribution in [2.24, 2.45) is 16.8 Å². The molecule has 3 heterocycles. The second-order valence-corrected chi connectivity index (χ2v) is 10.6. The fraction of sp³-hybridized carbons (Fsp3) is 0.379. The van der Waals surface area contributed by atoms with Crippen LogP contribution in [0.2, 0.25) is 0 Å². The molecule has 1 unspecified atom stereocenters. The highest BCUT2D eigenvalue weighted by atomic mass is 16.2. The van der Waals surface area contributed by atoms with Gasteiger partial charge in [-0.3, -0.25) is 24.5 Å². The average Bonchev–Trinajstić information content (AvgIpc) is 3.58. The number of carbonyl (C=O) groups is 2. The molecular formula is C29H30N4O2. The van der Waals surface area contributed by atoms with Gasteiger partial charge < -0.3 is 4.90 Å². The van der Waals surface area contributed by atoms with E-state index >= 15 is 0 Å². The van der Waals surface area contributed by atoms with E-state index in [-0.39, 0.29) is 17.7 Å². The first kappa shape index (κ1) is 22.0. The van der Waals surface area contributed by atoms with Gasteiger partial charge in [0.15, 0.2) is 0 Å². The molecule has 6 rings (SSSR count). The molecule has 6 nitrogen and oxygen atoms in total. The van der Waals surface area contributed by atoms with Crippen molar-refractivity contribution in [3.8, 4) is 11.1 Å². The maximum absolute atomic E-state index is 13.3. The van der Waals surface area contributed by atoms with Crippen LogP contribution in [0, 0.1) is 11.8 Å². The minimum atomic E-state index is -0.780. The lowest BCUT2D eigenvalue weighted by Gasteiger charge is -2.24.